The van der Waals surface area contributed by atoms with Gasteiger partial charge < -0.3 is 15.0 Å². The molecule has 2 rings (SSSR count). The van der Waals surface area contributed by atoms with Crippen LogP contribution >= 0.6 is 0 Å². The van der Waals surface area contributed by atoms with Crippen molar-refractivity contribution >= 4 is 5.91 Å². The molecule has 1 unspecified atom stereocenters. The first-order valence-electron chi connectivity index (χ1n) is 7.63. The third kappa shape index (κ3) is 4.46. The van der Waals surface area contributed by atoms with Gasteiger partial charge in [0.25, 0.3) is 5.91 Å². The van der Waals surface area contributed by atoms with Crippen LogP contribution in [0.2, 0.25) is 0 Å². The van der Waals surface area contributed by atoms with E-state index in [0.717, 1.165) is 13.1 Å². The van der Waals surface area contributed by atoms with Crippen LogP contribution in [0.1, 0.15) is 38.1 Å². The molecule has 1 aliphatic heterocycles. The number of amides is 1. The monoisotopic (exact) mass is 290 g/mol. The predicted molar refractivity (Wildman–Crippen MR) is 84.8 cm³/mol. The summed E-state index contributed by atoms with van der Waals surface area (Å²) in [6, 6.07) is 7.49. The molecule has 21 heavy (non-hydrogen) atoms. The zero-order chi connectivity index (χ0) is 15.5. The van der Waals surface area contributed by atoms with Gasteiger partial charge in [0.05, 0.1) is 12.1 Å². The van der Waals surface area contributed by atoms with Gasteiger partial charge >= 0.3 is 0 Å². The van der Waals surface area contributed by atoms with E-state index in [1.54, 1.807) is 0 Å². The summed E-state index contributed by atoms with van der Waals surface area (Å²) < 4.78 is 5.67. The third-order valence-electron chi connectivity index (χ3n) is 3.54. The Bertz CT molecular complexity index is 494. The van der Waals surface area contributed by atoms with Crippen LogP contribution in [0, 0.1) is 5.92 Å². The number of carbonyl (C=O) groups excluding carboxylic acids is 1. The average Bonchev–Trinajstić information content (AvgIpc) is 2.57. The smallest absolute Gasteiger partial charge is 0.257 e. The summed E-state index contributed by atoms with van der Waals surface area (Å²) in [5.74, 6) is 1.18. The number of fused-ring (bicyclic) bond motifs is 1. The highest BCUT2D eigenvalue weighted by Gasteiger charge is 2.24. The van der Waals surface area contributed by atoms with Gasteiger partial charge in [-0.15, -0.1) is 0 Å². The number of nitrogens with zero attached hydrogens (tertiary/aromatic N) is 1. The Kier molecular flexibility index (Phi) is 4.88. The van der Waals surface area contributed by atoms with Crippen LogP contribution in [0.4, 0.5) is 0 Å². The van der Waals surface area contributed by atoms with Crippen molar-refractivity contribution in [1.29, 1.82) is 0 Å². The van der Waals surface area contributed by atoms with E-state index >= 15 is 0 Å². The van der Waals surface area contributed by atoms with E-state index in [1.807, 2.05) is 29.2 Å². The SMILES string of the molecule is CC(CNC(C)(C)C)CN1CCOc2ccccc2C1=O. The molecule has 0 fully saturated rings. The molecule has 0 saturated carbocycles. The van der Waals surface area contributed by atoms with E-state index in [2.05, 4.69) is 33.0 Å². The lowest BCUT2D eigenvalue weighted by molar-refractivity contribution is 0.0729. The minimum Gasteiger partial charge on any atom is -0.491 e. The van der Waals surface area contributed by atoms with Gasteiger partial charge in [-0.3, -0.25) is 4.79 Å². The Morgan fingerprint density at radius 2 is 2.05 bits per heavy atom. The molecule has 1 aromatic carbocycles. The number of hydrogen-bond acceptors (Lipinski definition) is 3. The number of para-hydroxylation sites is 1. The fourth-order valence-electron chi connectivity index (χ4n) is 2.40. The fourth-order valence-corrected chi connectivity index (χ4v) is 2.40. The summed E-state index contributed by atoms with van der Waals surface area (Å²) >= 11 is 0. The lowest BCUT2D eigenvalue weighted by atomic mass is 10.1. The van der Waals surface area contributed by atoms with Crippen LogP contribution in [0.3, 0.4) is 0 Å². The molecule has 1 N–H and O–H groups in total. The van der Waals surface area contributed by atoms with Crippen molar-refractivity contribution in [3.05, 3.63) is 29.8 Å². The minimum absolute atomic E-state index is 0.0747. The second kappa shape index (κ2) is 6.48. The number of rotatable bonds is 4. The Morgan fingerprint density at radius 1 is 1.33 bits per heavy atom. The summed E-state index contributed by atoms with van der Waals surface area (Å²) in [7, 11) is 0. The lowest BCUT2D eigenvalue weighted by Gasteiger charge is -2.27. The number of nitrogens with one attached hydrogen (secondary N) is 1. The van der Waals surface area contributed by atoms with E-state index in [4.69, 9.17) is 4.74 Å². The maximum absolute atomic E-state index is 12.6. The highest BCUT2D eigenvalue weighted by Crippen LogP contribution is 2.22. The number of carbonyl (C=O) groups is 1. The number of hydrogen-bond donors (Lipinski definition) is 1. The second-order valence-corrected chi connectivity index (χ2v) is 6.83. The van der Waals surface area contributed by atoms with Gasteiger partial charge in [-0.05, 0) is 45.4 Å². The predicted octanol–water partition coefficient (Wildman–Crippen LogP) is 2.55. The van der Waals surface area contributed by atoms with Gasteiger partial charge in [-0.1, -0.05) is 19.1 Å². The van der Waals surface area contributed by atoms with Gasteiger partial charge in [0.1, 0.15) is 12.4 Å². The molecule has 1 atom stereocenters. The quantitative estimate of drug-likeness (QED) is 0.926. The molecule has 0 bridgehead atoms. The molecule has 1 aromatic rings. The zero-order valence-corrected chi connectivity index (χ0v) is 13.5. The molecular formula is C17H26N2O2. The summed E-state index contributed by atoms with van der Waals surface area (Å²) in [5.41, 5.74) is 0.776. The first-order chi connectivity index (χ1) is 9.87. The van der Waals surface area contributed by atoms with E-state index in [-0.39, 0.29) is 11.4 Å². The Labute approximate surface area is 127 Å². The van der Waals surface area contributed by atoms with E-state index < -0.39 is 0 Å². The van der Waals surface area contributed by atoms with Crippen LogP contribution in [-0.4, -0.2) is 42.6 Å². The summed E-state index contributed by atoms with van der Waals surface area (Å²) in [5, 5.41) is 3.49. The van der Waals surface area contributed by atoms with Gasteiger partial charge in [-0.25, -0.2) is 0 Å². The third-order valence-corrected chi connectivity index (χ3v) is 3.54. The van der Waals surface area contributed by atoms with Crippen LogP contribution < -0.4 is 10.1 Å². The molecule has 1 heterocycles. The van der Waals surface area contributed by atoms with Crippen molar-refractivity contribution in [1.82, 2.24) is 10.2 Å². The van der Waals surface area contributed by atoms with Crippen LogP contribution in [0.5, 0.6) is 5.75 Å². The molecule has 0 saturated heterocycles. The highest BCUT2D eigenvalue weighted by molar-refractivity contribution is 5.97. The molecule has 0 radical (unpaired) electrons. The second-order valence-electron chi connectivity index (χ2n) is 6.83. The molecule has 0 spiro atoms. The van der Waals surface area contributed by atoms with Gasteiger partial charge in [0.15, 0.2) is 0 Å². The molecule has 116 valence electrons. The first-order valence-corrected chi connectivity index (χ1v) is 7.63. The van der Waals surface area contributed by atoms with Crippen molar-refractivity contribution in [2.45, 2.75) is 33.2 Å². The average molecular weight is 290 g/mol. The number of benzene rings is 1. The van der Waals surface area contributed by atoms with Crippen LogP contribution in [-0.2, 0) is 0 Å². The fraction of sp³-hybridized carbons (Fsp3) is 0.588. The van der Waals surface area contributed by atoms with Crippen molar-refractivity contribution in [2.75, 3.05) is 26.2 Å². The maximum atomic E-state index is 12.6. The Balaban J connectivity index is 1.99. The maximum Gasteiger partial charge on any atom is 0.257 e. The molecule has 1 aliphatic rings. The van der Waals surface area contributed by atoms with Crippen LogP contribution in [0.15, 0.2) is 24.3 Å². The van der Waals surface area contributed by atoms with Gasteiger partial charge in [0.2, 0.25) is 0 Å². The Hall–Kier alpha value is -1.55. The van der Waals surface area contributed by atoms with Crippen molar-refractivity contribution in [3.63, 3.8) is 0 Å². The topological polar surface area (TPSA) is 41.6 Å². The van der Waals surface area contributed by atoms with Crippen molar-refractivity contribution in [3.8, 4) is 5.75 Å². The molecule has 0 aliphatic carbocycles. The normalized spacial score (nSPS) is 17.0. The summed E-state index contributed by atoms with van der Waals surface area (Å²) in [6.45, 7) is 11.5. The van der Waals surface area contributed by atoms with E-state index in [1.165, 1.54) is 0 Å². The number of ether oxygens (including phenoxy) is 1. The molecular weight excluding hydrogens is 264 g/mol. The van der Waals surface area contributed by atoms with E-state index in [9.17, 15) is 4.79 Å². The van der Waals surface area contributed by atoms with Gasteiger partial charge in [-0.2, -0.15) is 0 Å². The summed E-state index contributed by atoms with van der Waals surface area (Å²) in [4.78, 5) is 14.5. The van der Waals surface area contributed by atoms with Crippen molar-refractivity contribution < 1.29 is 9.53 Å². The highest BCUT2D eigenvalue weighted by atomic mass is 16.5. The zero-order valence-electron chi connectivity index (χ0n) is 13.5. The molecule has 0 aromatic heterocycles. The van der Waals surface area contributed by atoms with E-state index in [0.29, 0.717) is 30.4 Å². The molecule has 4 nitrogen and oxygen atoms in total. The van der Waals surface area contributed by atoms with Crippen LogP contribution in [0.25, 0.3) is 0 Å². The largest absolute Gasteiger partial charge is 0.491 e. The van der Waals surface area contributed by atoms with Gasteiger partial charge in [0, 0.05) is 12.1 Å². The molecule has 1 amide bonds. The summed E-state index contributed by atoms with van der Waals surface area (Å²) in [6.07, 6.45) is 0. The minimum atomic E-state index is 0.0747. The molecule has 4 heteroatoms. The Morgan fingerprint density at radius 3 is 2.76 bits per heavy atom. The lowest BCUT2D eigenvalue weighted by Crippen LogP contribution is -2.43. The first kappa shape index (κ1) is 15.8. The standard InChI is InChI=1S/C17H26N2O2/c1-13(11-18-17(2,3)4)12-19-9-10-21-15-8-6-5-7-14(15)16(19)20/h5-8,13,18H,9-12H2,1-4H3. The van der Waals surface area contributed by atoms with Crippen molar-refractivity contribution in [2.24, 2.45) is 5.92 Å².